The predicted molar refractivity (Wildman–Crippen MR) is 131 cm³/mol. The van der Waals surface area contributed by atoms with Crippen LogP contribution >= 0.6 is 11.8 Å². The zero-order chi connectivity index (χ0) is 23.8. The van der Waals surface area contributed by atoms with Gasteiger partial charge in [-0.25, -0.2) is 0 Å². The van der Waals surface area contributed by atoms with E-state index in [4.69, 9.17) is 4.74 Å². The molecule has 0 aliphatic carbocycles. The molecule has 0 bridgehead atoms. The normalized spacial score (nSPS) is 10.6. The SMILES string of the molecule is COc1ccc(C(=O)NCc2nnc(SCC(=O)c3ccccc3)n2Cc2ccccc2)cc1. The third-order valence-corrected chi connectivity index (χ3v) is 6.13. The number of hydrogen-bond donors (Lipinski definition) is 1. The fourth-order valence-corrected chi connectivity index (χ4v) is 4.17. The monoisotopic (exact) mass is 472 g/mol. The lowest BCUT2D eigenvalue weighted by Crippen LogP contribution is -2.25. The molecular weight excluding hydrogens is 448 g/mol. The van der Waals surface area contributed by atoms with Gasteiger partial charge in [0.15, 0.2) is 16.8 Å². The van der Waals surface area contributed by atoms with Gasteiger partial charge in [-0.3, -0.25) is 9.59 Å². The molecule has 1 N–H and O–H groups in total. The lowest BCUT2D eigenvalue weighted by Gasteiger charge is -2.11. The molecule has 0 atom stereocenters. The van der Waals surface area contributed by atoms with E-state index in [2.05, 4.69) is 15.5 Å². The van der Waals surface area contributed by atoms with Gasteiger partial charge in [-0.05, 0) is 29.8 Å². The summed E-state index contributed by atoms with van der Waals surface area (Å²) < 4.78 is 7.08. The van der Waals surface area contributed by atoms with Crippen LogP contribution in [-0.2, 0) is 13.1 Å². The highest BCUT2D eigenvalue weighted by Gasteiger charge is 2.16. The molecule has 0 aliphatic heterocycles. The van der Waals surface area contributed by atoms with Crippen LogP contribution in [0.1, 0.15) is 32.1 Å². The molecule has 1 heterocycles. The first kappa shape index (κ1) is 23.3. The lowest BCUT2D eigenvalue weighted by atomic mass is 10.2. The van der Waals surface area contributed by atoms with Gasteiger partial charge >= 0.3 is 0 Å². The third kappa shape index (κ3) is 5.90. The molecule has 1 aromatic heterocycles. The van der Waals surface area contributed by atoms with Gasteiger partial charge in [0.1, 0.15) is 5.75 Å². The van der Waals surface area contributed by atoms with Crippen LogP contribution in [0.3, 0.4) is 0 Å². The average molecular weight is 473 g/mol. The fourth-order valence-electron chi connectivity index (χ4n) is 3.32. The molecule has 3 aromatic carbocycles. The minimum absolute atomic E-state index is 0.0224. The number of thioether (sulfide) groups is 1. The maximum atomic E-state index is 12.6. The number of methoxy groups -OCH3 is 1. The first-order valence-electron chi connectivity index (χ1n) is 10.7. The highest BCUT2D eigenvalue weighted by atomic mass is 32.2. The van der Waals surface area contributed by atoms with Gasteiger partial charge < -0.3 is 14.6 Å². The van der Waals surface area contributed by atoms with Crippen molar-refractivity contribution in [2.24, 2.45) is 0 Å². The van der Waals surface area contributed by atoms with E-state index in [1.807, 2.05) is 53.1 Å². The summed E-state index contributed by atoms with van der Waals surface area (Å²) in [5.41, 5.74) is 2.26. The maximum Gasteiger partial charge on any atom is 0.251 e. The van der Waals surface area contributed by atoms with Crippen molar-refractivity contribution < 1.29 is 14.3 Å². The van der Waals surface area contributed by atoms with Crippen molar-refractivity contribution >= 4 is 23.5 Å². The Labute approximate surface area is 202 Å². The topological polar surface area (TPSA) is 86.1 Å². The quantitative estimate of drug-likeness (QED) is 0.274. The van der Waals surface area contributed by atoms with Crippen LogP contribution in [0.4, 0.5) is 0 Å². The van der Waals surface area contributed by atoms with Gasteiger partial charge in [-0.2, -0.15) is 0 Å². The summed E-state index contributed by atoms with van der Waals surface area (Å²) in [5, 5.41) is 12.1. The Morgan fingerprint density at radius 2 is 1.56 bits per heavy atom. The van der Waals surface area contributed by atoms with Crippen LogP contribution in [-0.4, -0.2) is 39.3 Å². The molecule has 1 amide bonds. The van der Waals surface area contributed by atoms with Gasteiger partial charge in [-0.15, -0.1) is 10.2 Å². The summed E-state index contributed by atoms with van der Waals surface area (Å²) in [6, 6.07) is 26.0. The number of nitrogens with zero attached hydrogens (tertiary/aromatic N) is 3. The number of ether oxygens (including phenoxy) is 1. The Hall–Kier alpha value is -3.91. The minimum atomic E-state index is -0.217. The predicted octanol–water partition coefficient (Wildman–Crippen LogP) is 4.24. The van der Waals surface area contributed by atoms with Gasteiger partial charge in [0, 0.05) is 11.1 Å². The second-order valence-corrected chi connectivity index (χ2v) is 8.40. The van der Waals surface area contributed by atoms with Crippen molar-refractivity contribution in [3.63, 3.8) is 0 Å². The zero-order valence-electron chi connectivity index (χ0n) is 18.7. The highest BCUT2D eigenvalue weighted by Crippen LogP contribution is 2.20. The summed E-state index contributed by atoms with van der Waals surface area (Å²) in [4.78, 5) is 25.2. The number of rotatable bonds is 10. The molecule has 7 nitrogen and oxygen atoms in total. The number of nitrogens with one attached hydrogen (secondary N) is 1. The average Bonchev–Trinajstić information content (AvgIpc) is 3.28. The molecule has 0 aliphatic rings. The second-order valence-electron chi connectivity index (χ2n) is 7.46. The zero-order valence-corrected chi connectivity index (χ0v) is 19.5. The van der Waals surface area contributed by atoms with Gasteiger partial charge in [-0.1, -0.05) is 72.4 Å². The minimum Gasteiger partial charge on any atom is -0.497 e. The standard InChI is InChI=1S/C26H24N4O3S/c1-33-22-14-12-21(13-15-22)25(32)27-16-24-28-29-26(30(24)17-19-8-4-2-5-9-19)34-18-23(31)20-10-6-3-7-11-20/h2-15H,16-18H2,1H3,(H,27,32). The van der Waals surface area contributed by atoms with Crippen LogP contribution in [0.5, 0.6) is 5.75 Å². The Bertz CT molecular complexity index is 1240. The van der Waals surface area contributed by atoms with Crippen molar-refractivity contribution in [2.45, 2.75) is 18.2 Å². The molecule has 172 valence electrons. The van der Waals surface area contributed by atoms with Gasteiger partial charge in [0.05, 0.1) is 26.0 Å². The van der Waals surface area contributed by atoms with Crippen LogP contribution in [0, 0.1) is 0 Å². The number of benzene rings is 3. The van der Waals surface area contributed by atoms with Gasteiger partial charge in [0.2, 0.25) is 0 Å². The number of aromatic nitrogens is 3. The first-order chi connectivity index (χ1) is 16.6. The summed E-state index contributed by atoms with van der Waals surface area (Å²) in [7, 11) is 1.58. The van der Waals surface area contributed by atoms with Crippen LogP contribution in [0.25, 0.3) is 0 Å². The van der Waals surface area contributed by atoms with Crippen LogP contribution < -0.4 is 10.1 Å². The molecule has 8 heteroatoms. The van der Waals surface area contributed by atoms with Crippen LogP contribution in [0.2, 0.25) is 0 Å². The smallest absolute Gasteiger partial charge is 0.251 e. The Kier molecular flexibility index (Phi) is 7.72. The second kappa shape index (κ2) is 11.3. The molecule has 4 rings (SSSR count). The van der Waals surface area contributed by atoms with E-state index < -0.39 is 0 Å². The third-order valence-electron chi connectivity index (χ3n) is 5.16. The van der Waals surface area contributed by atoms with E-state index in [1.54, 1.807) is 43.5 Å². The number of carbonyl (C=O) groups excluding carboxylic acids is 2. The van der Waals surface area contributed by atoms with Crippen molar-refractivity contribution in [1.29, 1.82) is 0 Å². The van der Waals surface area contributed by atoms with Crippen molar-refractivity contribution in [3.8, 4) is 5.75 Å². The van der Waals surface area contributed by atoms with Crippen LogP contribution in [0.15, 0.2) is 90.1 Å². The Morgan fingerprint density at radius 1 is 0.882 bits per heavy atom. The summed E-state index contributed by atoms with van der Waals surface area (Å²) >= 11 is 1.34. The maximum absolute atomic E-state index is 12.6. The van der Waals surface area contributed by atoms with Crippen molar-refractivity contribution in [3.05, 3.63) is 107 Å². The van der Waals surface area contributed by atoms with E-state index in [0.29, 0.717) is 34.4 Å². The number of Topliss-reactive ketones (excluding diaryl/α,β-unsaturated/α-hetero) is 1. The lowest BCUT2D eigenvalue weighted by molar-refractivity contribution is 0.0948. The number of hydrogen-bond acceptors (Lipinski definition) is 6. The van der Waals surface area contributed by atoms with E-state index >= 15 is 0 Å². The van der Waals surface area contributed by atoms with E-state index in [-0.39, 0.29) is 24.0 Å². The number of ketones is 1. The number of carbonyl (C=O) groups is 2. The van der Waals surface area contributed by atoms with Gasteiger partial charge in [0.25, 0.3) is 5.91 Å². The molecule has 0 saturated heterocycles. The summed E-state index contributed by atoms with van der Waals surface area (Å²) in [5.74, 6) is 1.35. The summed E-state index contributed by atoms with van der Waals surface area (Å²) in [6.07, 6.45) is 0. The number of amides is 1. The molecular formula is C26H24N4O3S. The first-order valence-corrected chi connectivity index (χ1v) is 11.7. The van der Waals surface area contributed by atoms with Crippen molar-refractivity contribution in [1.82, 2.24) is 20.1 Å². The molecule has 34 heavy (non-hydrogen) atoms. The molecule has 4 aromatic rings. The van der Waals surface area contributed by atoms with E-state index in [1.165, 1.54) is 11.8 Å². The fraction of sp³-hybridized carbons (Fsp3) is 0.154. The molecule has 0 spiro atoms. The summed E-state index contributed by atoms with van der Waals surface area (Å²) in [6.45, 7) is 0.737. The molecule has 0 saturated carbocycles. The molecule has 0 fully saturated rings. The molecule has 0 radical (unpaired) electrons. The largest absolute Gasteiger partial charge is 0.497 e. The molecule has 0 unspecified atom stereocenters. The Morgan fingerprint density at radius 3 is 2.24 bits per heavy atom. The van der Waals surface area contributed by atoms with Crippen molar-refractivity contribution in [2.75, 3.05) is 12.9 Å². The highest BCUT2D eigenvalue weighted by molar-refractivity contribution is 7.99. The van der Waals surface area contributed by atoms with E-state index in [9.17, 15) is 9.59 Å². The van der Waals surface area contributed by atoms with E-state index in [0.717, 1.165) is 5.56 Å². The Balaban J connectivity index is 1.48.